The fraction of sp³-hybridized carbons (Fsp3) is 0.531. The lowest BCUT2D eigenvalue weighted by molar-refractivity contribution is -0.143. The number of unbranched alkanes of at least 4 members (excludes halogenated alkanes) is 1. The molecule has 2 aromatic rings. The van der Waals surface area contributed by atoms with Gasteiger partial charge in [0.1, 0.15) is 12.4 Å². The van der Waals surface area contributed by atoms with Crippen LogP contribution in [0.4, 0.5) is 0 Å². The van der Waals surface area contributed by atoms with Crippen LogP contribution in [0.5, 0.6) is 5.75 Å². The summed E-state index contributed by atoms with van der Waals surface area (Å²) in [5.74, 6) is 0.446. The molecule has 0 radical (unpaired) electrons. The summed E-state index contributed by atoms with van der Waals surface area (Å²) >= 11 is 0. The van der Waals surface area contributed by atoms with Gasteiger partial charge in [-0.2, -0.15) is 0 Å². The molecule has 0 N–H and O–H groups in total. The zero-order chi connectivity index (χ0) is 29.0. The maximum atomic E-state index is 12.0. The van der Waals surface area contributed by atoms with Gasteiger partial charge in [0.15, 0.2) is 0 Å². The first-order valence-corrected chi connectivity index (χ1v) is 14.6. The van der Waals surface area contributed by atoms with Crippen molar-refractivity contribution < 1.29 is 33.3 Å². The zero-order valence-electron chi connectivity index (χ0n) is 24.3. The van der Waals surface area contributed by atoms with E-state index in [0.29, 0.717) is 44.3 Å². The van der Waals surface area contributed by atoms with Crippen molar-refractivity contribution in [3.05, 3.63) is 64.7 Å². The number of carbonyl (C=O) groups is 3. The maximum absolute atomic E-state index is 12.0. The highest BCUT2D eigenvalue weighted by Gasteiger charge is 2.27. The summed E-state index contributed by atoms with van der Waals surface area (Å²) in [6, 6.07) is 14.2. The van der Waals surface area contributed by atoms with E-state index in [9.17, 15) is 14.4 Å². The van der Waals surface area contributed by atoms with Crippen molar-refractivity contribution in [2.45, 2.75) is 57.5 Å². The van der Waals surface area contributed by atoms with E-state index >= 15 is 0 Å². The molecule has 1 heterocycles. The number of morpholine rings is 1. The summed E-state index contributed by atoms with van der Waals surface area (Å²) in [5.41, 5.74) is 4.24. The number of aryl methyl sites for hydroxylation is 1. The van der Waals surface area contributed by atoms with Crippen LogP contribution in [0.2, 0.25) is 0 Å². The Bertz CT molecular complexity index is 1170. The van der Waals surface area contributed by atoms with Crippen LogP contribution in [0.3, 0.4) is 0 Å². The van der Waals surface area contributed by atoms with Gasteiger partial charge in [-0.15, -0.1) is 0 Å². The Morgan fingerprint density at radius 3 is 2.63 bits per heavy atom. The van der Waals surface area contributed by atoms with Crippen LogP contribution in [-0.2, 0) is 43.2 Å². The number of benzene rings is 2. The van der Waals surface area contributed by atoms with Gasteiger partial charge in [-0.3, -0.25) is 14.5 Å². The number of hydrogen-bond acceptors (Lipinski definition) is 8. The molecule has 1 aliphatic heterocycles. The van der Waals surface area contributed by atoms with E-state index in [1.165, 1.54) is 25.3 Å². The third-order valence-electron chi connectivity index (χ3n) is 7.91. The summed E-state index contributed by atoms with van der Waals surface area (Å²) in [4.78, 5) is 39.9. The minimum absolute atomic E-state index is 0.0443. The fourth-order valence-corrected chi connectivity index (χ4v) is 5.58. The minimum atomic E-state index is -0.343. The molecular formula is C32H42N2O7. The molecule has 1 unspecified atom stereocenters. The minimum Gasteiger partial charge on any atom is -0.493 e. The lowest BCUT2D eigenvalue weighted by Crippen LogP contribution is -2.42. The molecule has 9 heteroatoms. The molecule has 1 aliphatic carbocycles. The first-order chi connectivity index (χ1) is 20.0. The van der Waals surface area contributed by atoms with Gasteiger partial charge in [0.25, 0.3) is 0 Å². The van der Waals surface area contributed by atoms with Gasteiger partial charge < -0.3 is 23.8 Å². The van der Waals surface area contributed by atoms with Gasteiger partial charge in [0.05, 0.1) is 33.0 Å². The van der Waals surface area contributed by atoms with Crippen molar-refractivity contribution in [2.75, 3.05) is 53.7 Å². The number of ether oxygens (including phenoxy) is 4. The van der Waals surface area contributed by atoms with Gasteiger partial charge in [-0.1, -0.05) is 24.3 Å². The van der Waals surface area contributed by atoms with Crippen molar-refractivity contribution in [1.29, 1.82) is 0 Å². The number of esters is 2. The summed E-state index contributed by atoms with van der Waals surface area (Å²) in [6.45, 7) is 4.23. The summed E-state index contributed by atoms with van der Waals surface area (Å²) in [7, 11) is 2.81. The number of amides is 1. The predicted octanol–water partition coefficient (Wildman–Crippen LogP) is 3.80. The van der Waals surface area contributed by atoms with Crippen LogP contribution >= 0.6 is 0 Å². The highest BCUT2D eigenvalue weighted by atomic mass is 16.5. The van der Waals surface area contributed by atoms with Gasteiger partial charge in [-0.05, 0) is 80.0 Å². The first kappa shape index (κ1) is 30.5. The lowest BCUT2D eigenvalue weighted by atomic mass is 9.86. The Labute approximate surface area is 242 Å². The smallest absolute Gasteiger partial charge is 0.337 e. The molecule has 9 nitrogen and oxygen atoms in total. The molecule has 1 amide bonds. The van der Waals surface area contributed by atoms with Gasteiger partial charge >= 0.3 is 11.9 Å². The molecule has 1 fully saturated rings. The van der Waals surface area contributed by atoms with E-state index in [4.69, 9.17) is 18.9 Å². The van der Waals surface area contributed by atoms with E-state index in [-0.39, 0.29) is 24.5 Å². The zero-order valence-corrected chi connectivity index (χ0v) is 24.3. The number of methoxy groups -OCH3 is 2. The van der Waals surface area contributed by atoms with E-state index in [1.54, 1.807) is 0 Å². The second kappa shape index (κ2) is 15.5. The van der Waals surface area contributed by atoms with Crippen molar-refractivity contribution in [3.63, 3.8) is 0 Å². The largest absolute Gasteiger partial charge is 0.493 e. The summed E-state index contributed by atoms with van der Waals surface area (Å²) in [5, 5.41) is 0. The first-order valence-electron chi connectivity index (χ1n) is 14.6. The third-order valence-corrected chi connectivity index (χ3v) is 7.91. The molecule has 0 bridgehead atoms. The Balaban J connectivity index is 1.40. The Morgan fingerprint density at radius 2 is 1.88 bits per heavy atom. The number of hydrogen-bond donors (Lipinski definition) is 0. The summed E-state index contributed by atoms with van der Waals surface area (Å²) < 4.78 is 21.1. The van der Waals surface area contributed by atoms with E-state index in [1.807, 2.05) is 35.2 Å². The van der Waals surface area contributed by atoms with Gasteiger partial charge in [0.2, 0.25) is 5.91 Å². The van der Waals surface area contributed by atoms with Crippen LogP contribution in [0.25, 0.3) is 0 Å². The molecule has 0 aromatic heterocycles. The predicted molar refractivity (Wildman–Crippen MR) is 154 cm³/mol. The van der Waals surface area contributed by atoms with Gasteiger partial charge in [-0.25, -0.2) is 4.79 Å². The standard InChI is InChI=1S/C32H42N2O7/c1-38-31(36)9-3-4-16-34(22-24-10-12-26(13-11-24)32(37)39-2)27-15-14-25-7-5-8-29(28(25)21-27)41-19-6-17-33-18-20-40-23-30(33)35/h5,7-8,10-13,27H,3-4,6,9,14-23H2,1-2H3. The van der Waals surface area contributed by atoms with Crippen LogP contribution in [0, 0.1) is 0 Å². The van der Waals surface area contributed by atoms with Crippen LogP contribution in [-0.4, -0.2) is 87.4 Å². The Morgan fingerprint density at radius 1 is 1.05 bits per heavy atom. The molecule has 222 valence electrons. The number of rotatable bonds is 14. The Kier molecular flexibility index (Phi) is 11.6. The maximum Gasteiger partial charge on any atom is 0.337 e. The van der Waals surface area contributed by atoms with Crippen molar-refractivity contribution in [1.82, 2.24) is 9.80 Å². The second-order valence-electron chi connectivity index (χ2n) is 10.6. The lowest BCUT2D eigenvalue weighted by Gasteiger charge is -2.36. The van der Waals surface area contributed by atoms with E-state index in [2.05, 4.69) is 17.0 Å². The Hall–Kier alpha value is -3.43. The molecular weight excluding hydrogens is 524 g/mol. The van der Waals surface area contributed by atoms with E-state index in [0.717, 1.165) is 62.9 Å². The molecule has 2 aromatic carbocycles. The normalized spacial score (nSPS) is 16.8. The molecule has 0 saturated carbocycles. The molecule has 41 heavy (non-hydrogen) atoms. The van der Waals surface area contributed by atoms with E-state index < -0.39 is 0 Å². The topological polar surface area (TPSA) is 94.6 Å². The second-order valence-corrected chi connectivity index (χ2v) is 10.6. The van der Waals surface area contributed by atoms with Crippen LogP contribution < -0.4 is 4.74 Å². The highest BCUT2D eigenvalue weighted by Crippen LogP contribution is 2.32. The van der Waals surface area contributed by atoms with Crippen molar-refractivity contribution in [3.8, 4) is 5.75 Å². The van der Waals surface area contributed by atoms with Crippen molar-refractivity contribution >= 4 is 17.8 Å². The van der Waals surface area contributed by atoms with Crippen molar-refractivity contribution in [2.24, 2.45) is 0 Å². The quantitative estimate of drug-likeness (QED) is 0.252. The average Bonchev–Trinajstić information content (AvgIpc) is 3.01. The monoisotopic (exact) mass is 566 g/mol. The van der Waals surface area contributed by atoms with Crippen LogP contribution in [0.15, 0.2) is 42.5 Å². The summed E-state index contributed by atoms with van der Waals surface area (Å²) in [6.07, 6.45) is 5.73. The average molecular weight is 567 g/mol. The van der Waals surface area contributed by atoms with Crippen LogP contribution in [0.1, 0.15) is 59.2 Å². The number of nitrogens with zero attached hydrogens (tertiary/aromatic N) is 2. The SMILES string of the molecule is COC(=O)CCCCN(Cc1ccc(C(=O)OC)cc1)C1CCc2cccc(OCCCN3CCOCC3=O)c2C1. The highest BCUT2D eigenvalue weighted by molar-refractivity contribution is 5.89. The molecule has 1 atom stereocenters. The van der Waals surface area contributed by atoms with Gasteiger partial charge in [0, 0.05) is 32.1 Å². The molecule has 2 aliphatic rings. The number of carbonyl (C=O) groups excluding carboxylic acids is 3. The molecule has 1 saturated heterocycles. The fourth-order valence-electron chi connectivity index (χ4n) is 5.58. The molecule has 4 rings (SSSR count). The number of fused-ring (bicyclic) bond motifs is 1. The third kappa shape index (κ3) is 8.78. The molecule has 0 spiro atoms.